The second kappa shape index (κ2) is 10.9. The molecule has 0 aliphatic rings. The predicted molar refractivity (Wildman–Crippen MR) is 128 cm³/mol. The molecule has 3 aromatic carbocycles. The van der Waals surface area contributed by atoms with Crippen molar-refractivity contribution in [3.05, 3.63) is 83.4 Å². The average molecular weight is 469 g/mol. The van der Waals surface area contributed by atoms with Gasteiger partial charge in [-0.15, -0.1) is 0 Å². The number of aryl methyl sites for hydroxylation is 2. The summed E-state index contributed by atoms with van der Waals surface area (Å²) in [5.41, 5.74) is 3.24. The first kappa shape index (κ1) is 24.1. The second-order valence-corrected chi connectivity index (χ2v) is 9.32. The molecule has 0 bridgehead atoms. The van der Waals surface area contributed by atoms with E-state index in [9.17, 15) is 13.2 Å². The minimum Gasteiger partial charge on any atom is -0.497 e. The van der Waals surface area contributed by atoms with Crippen molar-refractivity contribution >= 4 is 21.6 Å². The minimum absolute atomic E-state index is 0.122. The number of carbonyl (C=O) groups is 1. The van der Waals surface area contributed by atoms with Crippen LogP contribution in [0.3, 0.4) is 0 Å². The molecule has 2 N–H and O–H groups in total. The predicted octanol–water partition coefficient (Wildman–Crippen LogP) is 3.85. The van der Waals surface area contributed by atoms with Crippen LogP contribution in [-0.4, -0.2) is 34.6 Å². The molecule has 3 aromatic rings. The van der Waals surface area contributed by atoms with E-state index in [4.69, 9.17) is 9.47 Å². The number of anilines is 1. The van der Waals surface area contributed by atoms with Gasteiger partial charge in [-0.2, -0.15) is 0 Å². The first-order valence-corrected chi connectivity index (χ1v) is 12.0. The lowest BCUT2D eigenvalue weighted by Crippen LogP contribution is -2.30. The molecule has 8 heteroatoms. The number of benzene rings is 3. The fourth-order valence-corrected chi connectivity index (χ4v) is 4.26. The van der Waals surface area contributed by atoms with Crippen molar-refractivity contribution in [1.82, 2.24) is 5.32 Å². The Kier molecular flexibility index (Phi) is 7.95. The van der Waals surface area contributed by atoms with Crippen molar-refractivity contribution in [2.45, 2.75) is 25.2 Å². The Hall–Kier alpha value is -3.52. The molecule has 0 saturated carbocycles. The summed E-state index contributed by atoms with van der Waals surface area (Å²) in [7, 11) is -2.12. The molecule has 7 nitrogen and oxygen atoms in total. The van der Waals surface area contributed by atoms with E-state index < -0.39 is 10.0 Å². The van der Waals surface area contributed by atoms with Crippen LogP contribution >= 0.6 is 0 Å². The van der Waals surface area contributed by atoms with E-state index in [0.29, 0.717) is 30.0 Å². The van der Waals surface area contributed by atoms with Crippen molar-refractivity contribution in [2.75, 3.05) is 25.0 Å². The van der Waals surface area contributed by atoms with Crippen LogP contribution in [0.4, 0.5) is 5.69 Å². The molecule has 0 unspecified atom stereocenters. The third kappa shape index (κ3) is 6.98. The molecular formula is C25H28N2O5S. The van der Waals surface area contributed by atoms with Gasteiger partial charge in [0.2, 0.25) is 0 Å². The van der Waals surface area contributed by atoms with Crippen LogP contribution in [0.1, 0.15) is 16.7 Å². The van der Waals surface area contributed by atoms with Gasteiger partial charge >= 0.3 is 0 Å². The summed E-state index contributed by atoms with van der Waals surface area (Å²) in [6.07, 6.45) is 0.690. The SMILES string of the molecule is COc1ccc(CCNC(=O)COc2ccc(S(=O)(=O)Nc3ccc(C)cc3)cc2C)cc1. The highest BCUT2D eigenvalue weighted by atomic mass is 32.2. The van der Waals surface area contributed by atoms with E-state index >= 15 is 0 Å². The number of carbonyl (C=O) groups excluding carboxylic acids is 1. The summed E-state index contributed by atoms with van der Waals surface area (Å²) in [6, 6.07) is 19.3. The molecule has 0 saturated heterocycles. The van der Waals surface area contributed by atoms with Crippen LogP contribution < -0.4 is 19.5 Å². The second-order valence-electron chi connectivity index (χ2n) is 7.64. The molecule has 0 atom stereocenters. The lowest BCUT2D eigenvalue weighted by Gasteiger charge is -2.12. The zero-order valence-corrected chi connectivity index (χ0v) is 19.7. The Bertz CT molecular complexity index is 1190. The van der Waals surface area contributed by atoms with Gasteiger partial charge in [0.15, 0.2) is 6.61 Å². The van der Waals surface area contributed by atoms with E-state index in [-0.39, 0.29) is 17.4 Å². The molecule has 1 amide bonds. The summed E-state index contributed by atoms with van der Waals surface area (Å²) >= 11 is 0. The standard InChI is InChI=1S/C25H28N2O5S/c1-18-4-8-21(9-5-18)27-33(29,30)23-12-13-24(19(2)16-23)32-17-25(28)26-15-14-20-6-10-22(31-3)11-7-20/h4-13,16,27H,14-15,17H2,1-3H3,(H,26,28). The summed E-state index contributed by atoms with van der Waals surface area (Å²) in [4.78, 5) is 12.2. The van der Waals surface area contributed by atoms with E-state index in [1.807, 2.05) is 43.3 Å². The normalized spacial score (nSPS) is 11.0. The quantitative estimate of drug-likeness (QED) is 0.471. The average Bonchev–Trinajstić information content (AvgIpc) is 2.80. The minimum atomic E-state index is -3.73. The summed E-state index contributed by atoms with van der Waals surface area (Å²) in [5, 5.41) is 2.82. The van der Waals surface area contributed by atoms with Crippen molar-refractivity contribution in [2.24, 2.45) is 0 Å². The van der Waals surface area contributed by atoms with Crippen molar-refractivity contribution in [1.29, 1.82) is 0 Å². The largest absolute Gasteiger partial charge is 0.497 e. The summed E-state index contributed by atoms with van der Waals surface area (Å²) < 4.78 is 38.6. The number of nitrogens with one attached hydrogen (secondary N) is 2. The van der Waals surface area contributed by atoms with Crippen molar-refractivity contribution < 1.29 is 22.7 Å². The van der Waals surface area contributed by atoms with E-state index in [1.54, 1.807) is 32.2 Å². The molecule has 0 heterocycles. The fourth-order valence-electron chi connectivity index (χ4n) is 3.12. The van der Waals surface area contributed by atoms with Crippen molar-refractivity contribution in [3.8, 4) is 11.5 Å². The first-order chi connectivity index (χ1) is 15.8. The maximum atomic E-state index is 12.7. The Morgan fingerprint density at radius 1 is 0.939 bits per heavy atom. The van der Waals surface area contributed by atoms with Gasteiger partial charge in [0.25, 0.3) is 15.9 Å². The molecule has 0 aromatic heterocycles. The summed E-state index contributed by atoms with van der Waals surface area (Å²) in [5.74, 6) is 0.992. The molecule has 0 spiro atoms. The highest BCUT2D eigenvalue weighted by Crippen LogP contribution is 2.23. The Balaban J connectivity index is 1.50. The van der Waals surface area contributed by atoms with Crippen LogP contribution in [0.2, 0.25) is 0 Å². The Labute approximate surface area is 194 Å². The maximum absolute atomic E-state index is 12.7. The van der Waals surface area contributed by atoms with Crippen LogP contribution in [0.5, 0.6) is 11.5 Å². The zero-order valence-electron chi connectivity index (χ0n) is 18.9. The number of methoxy groups -OCH3 is 1. The number of amides is 1. The maximum Gasteiger partial charge on any atom is 0.261 e. The van der Waals surface area contributed by atoms with Crippen molar-refractivity contribution in [3.63, 3.8) is 0 Å². The number of rotatable bonds is 10. The van der Waals surface area contributed by atoms with Crippen LogP contribution in [0, 0.1) is 13.8 Å². The lowest BCUT2D eigenvalue weighted by atomic mass is 10.1. The molecule has 0 aliphatic carbocycles. The molecule has 174 valence electrons. The van der Waals surface area contributed by atoms with Gasteiger partial charge in [-0.3, -0.25) is 9.52 Å². The molecule has 0 fully saturated rings. The molecular weight excluding hydrogens is 440 g/mol. The summed E-state index contributed by atoms with van der Waals surface area (Å²) in [6.45, 7) is 4.00. The fraction of sp³-hybridized carbons (Fsp3) is 0.240. The molecule has 3 rings (SSSR count). The van der Waals surface area contributed by atoms with Gasteiger partial charge in [0.05, 0.1) is 12.0 Å². The van der Waals surface area contributed by atoms with Gasteiger partial charge in [-0.1, -0.05) is 29.8 Å². The topological polar surface area (TPSA) is 93.7 Å². The molecule has 0 radical (unpaired) electrons. The van der Waals surface area contributed by atoms with Gasteiger partial charge < -0.3 is 14.8 Å². The zero-order chi connectivity index (χ0) is 23.8. The van der Waals surface area contributed by atoms with Crippen LogP contribution in [0.15, 0.2) is 71.6 Å². The van der Waals surface area contributed by atoms with Gasteiger partial charge in [0.1, 0.15) is 11.5 Å². The first-order valence-electron chi connectivity index (χ1n) is 10.5. The van der Waals surface area contributed by atoms with Gasteiger partial charge in [-0.25, -0.2) is 8.42 Å². The van der Waals surface area contributed by atoms with Crippen LogP contribution in [0.25, 0.3) is 0 Å². The van der Waals surface area contributed by atoms with Crippen LogP contribution in [-0.2, 0) is 21.2 Å². The third-order valence-electron chi connectivity index (χ3n) is 5.01. The lowest BCUT2D eigenvalue weighted by molar-refractivity contribution is -0.123. The number of hydrogen-bond donors (Lipinski definition) is 2. The number of hydrogen-bond acceptors (Lipinski definition) is 5. The molecule has 33 heavy (non-hydrogen) atoms. The molecule has 0 aliphatic heterocycles. The van der Waals surface area contributed by atoms with E-state index in [1.165, 1.54) is 12.1 Å². The monoisotopic (exact) mass is 468 g/mol. The highest BCUT2D eigenvalue weighted by Gasteiger charge is 2.16. The van der Waals surface area contributed by atoms with Gasteiger partial charge in [-0.05, 0) is 73.9 Å². The van der Waals surface area contributed by atoms with E-state index in [2.05, 4.69) is 10.0 Å². The van der Waals surface area contributed by atoms with Gasteiger partial charge in [0, 0.05) is 12.2 Å². The highest BCUT2D eigenvalue weighted by molar-refractivity contribution is 7.92. The smallest absolute Gasteiger partial charge is 0.261 e. The van der Waals surface area contributed by atoms with E-state index in [0.717, 1.165) is 16.9 Å². The third-order valence-corrected chi connectivity index (χ3v) is 6.39. The Morgan fingerprint density at radius 3 is 2.27 bits per heavy atom. The Morgan fingerprint density at radius 2 is 1.64 bits per heavy atom. The number of ether oxygens (including phenoxy) is 2. The number of sulfonamides is 1.